The summed E-state index contributed by atoms with van der Waals surface area (Å²) >= 11 is 0. The Hall–Kier alpha value is -7.02. The van der Waals surface area contributed by atoms with Crippen LogP contribution < -0.4 is 31.7 Å². The normalized spacial score (nSPS) is 21.2. The average molecular weight is 1120 g/mol. The van der Waals surface area contributed by atoms with Gasteiger partial charge in [-0.15, -0.1) is 0 Å². The maximum atomic E-state index is 12.7. The summed E-state index contributed by atoms with van der Waals surface area (Å²) in [6, 6.07) is 5.14. The Labute approximate surface area is 469 Å². The fourth-order valence-electron chi connectivity index (χ4n) is 11.4. The summed E-state index contributed by atoms with van der Waals surface area (Å²) in [5.41, 5.74) is 12.0. The zero-order chi connectivity index (χ0) is 56.2. The lowest BCUT2D eigenvalue weighted by Crippen LogP contribution is -2.27. The molecule has 6 aromatic heterocycles. The largest absolute Gasteiger partial charge is 0.494 e. The number of anilines is 3. The summed E-state index contributed by atoms with van der Waals surface area (Å²) in [6.07, 6.45) is 25.9. The minimum Gasteiger partial charge on any atom is -0.494 e. The van der Waals surface area contributed by atoms with Crippen molar-refractivity contribution in [3.8, 4) is 5.75 Å². The van der Waals surface area contributed by atoms with Gasteiger partial charge in [0.2, 0.25) is 17.7 Å². The van der Waals surface area contributed by atoms with E-state index in [1.807, 2.05) is 39.7 Å². The molecule has 6 fully saturated rings. The summed E-state index contributed by atoms with van der Waals surface area (Å²) < 4.78 is 44.4. The maximum Gasteiger partial charge on any atom is 0.253 e. The predicted molar refractivity (Wildman–Crippen MR) is 298 cm³/mol. The van der Waals surface area contributed by atoms with E-state index in [2.05, 4.69) is 36.2 Å². The molecule has 3 aliphatic heterocycles. The number of methoxy groups -OCH3 is 1. The predicted octanol–water partition coefficient (Wildman–Crippen LogP) is 7.29. The molecular formula is C58H75N11O12. The number of fused-ring (bicyclic) bond motifs is 3. The first kappa shape index (κ1) is 57.2. The molecule has 3 saturated carbocycles. The third-order valence-electron chi connectivity index (χ3n) is 15.9. The number of aromatic nitrogens is 6. The molecule has 6 aromatic rings. The number of ether oxygens (including phenoxy) is 7. The van der Waals surface area contributed by atoms with Crippen molar-refractivity contribution in [1.29, 1.82) is 0 Å². The van der Waals surface area contributed by atoms with Crippen LogP contribution in [0.15, 0.2) is 55.4 Å². The van der Waals surface area contributed by atoms with Crippen molar-refractivity contribution < 1.29 is 57.1 Å². The molecule has 3 atom stereocenters. The first-order valence-electron chi connectivity index (χ1n) is 28.7. The highest BCUT2D eigenvalue weighted by molar-refractivity contribution is 6.05. The second-order valence-electron chi connectivity index (χ2n) is 21.5. The van der Waals surface area contributed by atoms with Crippen molar-refractivity contribution in [2.75, 3.05) is 89.6 Å². The minimum atomic E-state index is -0.599. The van der Waals surface area contributed by atoms with Gasteiger partial charge in [-0.3, -0.25) is 24.0 Å². The van der Waals surface area contributed by atoms with Gasteiger partial charge in [-0.25, -0.2) is 15.0 Å². The maximum absolute atomic E-state index is 12.7. The first-order valence-corrected chi connectivity index (χ1v) is 28.7. The van der Waals surface area contributed by atoms with Gasteiger partial charge in [-0.1, -0.05) is 57.8 Å². The van der Waals surface area contributed by atoms with Gasteiger partial charge in [0.05, 0.1) is 106 Å². The molecule has 3 unspecified atom stereocenters. The molecule has 6 N–H and O–H groups in total. The van der Waals surface area contributed by atoms with Crippen molar-refractivity contribution in [3.05, 3.63) is 83.6 Å². The zero-order valence-corrected chi connectivity index (χ0v) is 46.3. The molecule has 23 nitrogen and oxygen atoms in total. The molecule has 9 heterocycles. The first-order chi connectivity index (χ1) is 39.5. The van der Waals surface area contributed by atoms with Gasteiger partial charge in [0.25, 0.3) is 11.8 Å². The van der Waals surface area contributed by atoms with Gasteiger partial charge in [0, 0.05) is 68.0 Å². The van der Waals surface area contributed by atoms with Crippen LogP contribution in [-0.4, -0.2) is 131 Å². The molecule has 12 rings (SSSR count). The summed E-state index contributed by atoms with van der Waals surface area (Å²) in [6.45, 7) is 4.81. The summed E-state index contributed by atoms with van der Waals surface area (Å²) in [5.74, 6) is -0.160. The van der Waals surface area contributed by atoms with Crippen LogP contribution in [0.3, 0.4) is 0 Å². The number of nitrogens with two attached hydrogens (primary N) is 1. The number of nitrogens with zero attached hydrogens (tertiary/aromatic N) is 6. The Balaban J connectivity index is 0.000000136. The number of hydrogen-bond donors (Lipinski definition) is 5. The molecule has 0 radical (unpaired) electrons. The number of amides is 5. The van der Waals surface area contributed by atoms with Crippen molar-refractivity contribution in [3.63, 3.8) is 0 Å². The highest BCUT2D eigenvalue weighted by Crippen LogP contribution is 2.33. The Bertz CT molecular complexity index is 3160. The van der Waals surface area contributed by atoms with E-state index in [-0.39, 0.29) is 65.3 Å². The van der Waals surface area contributed by atoms with Crippen LogP contribution in [0.5, 0.6) is 5.75 Å². The second-order valence-corrected chi connectivity index (χ2v) is 21.5. The number of carbonyl (C=O) groups excluding carboxylic acids is 5. The quantitative estimate of drug-likeness (QED) is 0.0805. The van der Waals surface area contributed by atoms with Crippen molar-refractivity contribution in [2.24, 2.45) is 23.5 Å². The average Bonchev–Trinajstić information content (AvgIpc) is 4.32. The third-order valence-corrected chi connectivity index (χ3v) is 15.9. The molecule has 434 valence electrons. The van der Waals surface area contributed by atoms with E-state index in [0.29, 0.717) is 99.1 Å². The van der Waals surface area contributed by atoms with Crippen molar-refractivity contribution in [2.45, 2.75) is 115 Å². The Kier molecular flexibility index (Phi) is 19.2. The van der Waals surface area contributed by atoms with Gasteiger partial charge < -0.3 is 73.4 Å². The molecule has 81 heavy (non-hydrogen) atoms. The van der Waals surface area contributed by atoms with E-state index in [0.717, 1.165) is 99.8 Å². The molecule has 0 aromatic carbocycles. The number of carbonyl (C=O) groups is 5. The summed E-state index contributed by atoms with van der Waals surface area (Å²) in [5, 5.41) is 11.6. The fraction of sp³-hybridized carbons (Fsp3) is 0.552. The third kappa shape index (κ3) is 14.2. The molecule has 23 heteroatoms. The van der Waals surface area contributed by atoms with Crippen LogP contribution in [0, 0.1) is 17.8 Å². The molecule has 5 amide bonds. The number of imidazole rings is 3. The Morgan fingerprint density at radius 3 is 1.21 bits per heavy atom. The fourth-order valence-corrected chi connectivity index (χ4v) is 11.4. The minimum absolute atomic E-state index is 0.00752. The van der Waals surface area contributed by atoms with Gasteiger partial charge in [-0.2, -0.15) is 0 Å². The Morgan fingerprint density at radius 1 is 0.494 bits per heavy atom. The number of nitrogens with one attached hydrogen (secondary N) is 4. The van der Waals surface area contributed by atoms with Gasteiger partial charge in [0.1, 0.15) is 46.7 Å². The lowest BCUT2D eigenvalue weighted by molar-refractivity contribution is -0.121. The van der Waals surface area contributed by atoms with Gasteiger partial charge in [-0.05, 0) is 50.7 Å². The topological polar surface area (TPSA) is 276 Å². The zero-order valence-electron chi connectivity index (χ0n) is 46.3. The SMILES string of the molecule is CNC(=O)c1cc2nc(C3COCCO3)cn2cc1NC(=O)C1CCCCC1.COc1cc2nc(C3COCCO3)cn2cc1NC(=O)C1CCCCC1.NC(=O)c1cc2nc(C3COCCO3)cn2cc1NC(=O)C1CCCCC1. The summed E-state index contributed by atoms with van der Waals surface area (Å²) in [7, 11) is 3.17. The van der Waals surface area contributed by atoms with Crippen LogP contribution in [0.1, 0.15) is 152 Å². The van der Waals surface area contributed by atoms with Gasteiger partial charge >= 0.3 is 0 Å². The van der Waals surface area contributed by atoms with Crippen LogP contribution in [0.4, 0.5) is 17.1 Å². The standard InChI is InChI=1S/C20H26N4O4.C19H24N4O4.C19H25N3O4/c1-21-20(26)14-9-18-22-16(17-12-27-7-8-28-17)11-24(18)10-15(14)23-19(25)13-5-3-2-4-6-13;20-18(24)13-8-17-21-15(16-11-26-6-7-27-16)10-23(17)9-14(13)22-19(25)12-4-2-1-3-5-12;1-24-16-9-18-20-15(17-12-25-7-8-26-17)11-22(18)10-14(16)21-19(23)13-5-3-2-4-6-13/h9-11,13,17H,2-8,12H2,1H3,(H,21,26)(H,23,25);8-10,12,16H,1-7,11H2,(H2,20,24)(H,22,25);9-11,13,17H,2-8,12H2,1H3,(H,21,23). The number of rotatable bonds is 12. The van der Waals surface area contributed by atoms with Crippen LogP contribution in [0.2, 0.25) is 0 Å². The molecular weight excluding hydrogens is 1040 g/mol. The lowest BCUT2D eigenvalue weighted by atomic mass is 9.88. The van der Waals surface area contributed by atoms with E-state index in [4.69, 9.17) is 38.9 Å². The molecule has 3 aliphatic carbocycles. The van der Waals surface area contributed by atoms with E-state index >= 15 is 0 Å². The van der Waals surface area contributed by atoms with E-state index in [1.165, 1.54) is 19.3 Å². The monoisotopic (exact) mass is 1120 g/mol. The molecule has 6 aliphatic rings. The van der Waals surface area contributed by atoms with E-state index < -0.39 is 5.91 Å². The van der Waals surface area contributed by atoms with E-state index in [9.17, 15) is 24.0 Å². The number of pyridine rings is 3. The summed E-state index contributed by atoms with van der Waals surface area (Å²) in [4.78, 5) is 76.0. The van der Waals surface area contributed by atoms with Crippen LogP contribution in [-0.2, 0) is 42.8 Å². The lowest BCUT2D eigenvalue weighted by Gasteiger charge is -2.21. The molecule has 3 saturated heterocycles. The van der Waals surface area contributed by atoms with Crippen molar-refractivity contribution in [1.82, 2.24) is 33.5 Å². The number of primary amides is 1. The van der Waals surface area contributed by atoms with Crippen molar-refractivity contribution >= 4 is 63.5 Å². The van der Waals surface area contributed by atoms with Crippen LogP contribution in [0.25, 0.3) is 16.9 Å². The molecule has 0 bridgehead atoms. The highest BCUT2D eigenvalue weighted by Gasteiger charge is 2.29. The van der Waals surface area contributed by atoms with Gasteiger partial charge in [0.15, 0.2) is 0 Å². The smallest absolute Gasteiger partial charge is 0.253 e. The van der Waals surface area contributed by atoms with E-state index in [1.54, 1.807) is 43.1 Å². The highest BCUT2D eigenvalue weighted by atomic mass is 16.6. The Morgan fingerprint density at radius 2 is 0.852 bits per heavy atom. The second kappa shape index (κ2) is 27.2. The van der Waals surface area contributed by atoms with Crippen LogP contribution >= 0.6 is 0 Å². The number of hydrogen-bond acceptors (Lipinski definition) is 15. The molecule has 0 spiro atoms.